The standard InChI is InChI=1S/C33H28N2O4.C2H6OS/c1-33(2,3)25-18-24(20-36)30(37)27(19-25)31-34-28(21-10-6-4-7-11-21)29(22-12-8-5-9-13-22)35(31)26-16-14-23(15-17-26)32(38)39;1-4(2)3/h4-20,37H,1-3H3,(H,38,39);1-2H3. The minimum atomic E-state index is -1.02. The number of carboxylic acid groups (broad SMARTS) is 1. The van der Waals surface area contributed by atoms with Gasteiger partial charge in [0.05, 0.1) is 28.1 Å². The molecule has 220 valence electrons. The number of benzene rings is 4. The summed E-state index contributed by atoms with van der Waals surface area (Å²) in [6.45, 7) is 6.12. The van der Waals surface area contributed by atoms with Crippen LogP contribution in [-0.2, 0) is 16.2 Å². The Labute approximate surface area is 254 Å². The van der Waals surface area contributed by atoms with Gasteiger partial charge in [0.25, 0.3) is 0 Å². The van der Waals surface area contributed by atoms with Crippen LogP contribution in [-0.4, -0.2) is 48.7 Å². The first kappa shape index (κ1) is 31.1. The molecule has 2 N–H and O–H groups in total. The van der Waals surface area contributed by atoms with Crippen LogP contribution in [0.2, 0.25) is 0 Å². The largest absolute Gasteiger partial charge is 0.506 e. The molecule has 8 heteroatoms. The van der Waals surface area contributed by atoms with Crippen LogP contribution in [0.5, 0.6) is 5.75 Å². The highest BCUT2D eigenvalue weighted by atomic mass is 32.2. The zero-order chi connectivity index (χ0) is 31.3. The first-order valence-electron chi connectivity index (χ1n) is 13.6. The number of aromatic nitrogens is 2. The van der Waals surface area contributed by atoms with Crippen LogP contribution in [0.3, 0.4) is 0 Å². The highest BCUT2D eigenvalue weighted by Gasteiger charge is 2.27. The molecule has 4 aromatic carbocycles. The summed E-state index contributed by atoms with van der Waals surface area (Å²) >= 11 is 0. The van der Waals surface area contributed by atoms with Crippen LogP contribution in [0.4, 0.5) is 0 Å². The Morgan fingerprint density at radius 3 is 1.88 bits per heavy atom. The lowest BCUT2D eigenvalue weighted by molar-refractivity contribution is 0.0696. The Bertz CT molecular complexity index is 1770. The van der Waals surface area contributed by atoms with Crippen molar-refractivity contribution >= 4 is 23.1 Å². The molecule has 0 radical (unpaired) electrons. The van der Waals surface area contributed by atoms with Gasteiger partial charge >= 0.3 is 5.97 Å². The van der Waals surface area contributed by atoms with Gasteiger partial charge in [-0.15, -0.1) is 0 Å². The summed E-state index contributed by atoms with van der Waals surface area (Å²) in [7, 11) is -0.611. The monoisotopic (exact) mass is 594 g/mol. The van der Waals surface area contributed by atoms with Gasteiger partial charge in [0.15, 0.2) is 6.29 Å². The molecule has 0 unspecified atom stereocenters. The quantitative estimate of drug-likeness (QED) is 0.199. The van der Waals surface area contributed by atoms with Crippen LogP contribution in [0.25, 0.3) is 39.6 Å². The van der Waals surface area contributed by atoms with E-state index in [1.807, 2.05) is 92.1 Å². The summed E-state index contributed by atoms with van der Waals surface area (Å²) in [5.41, 5.74) is 5.20. The number of rotatable bonds is 6. The summed E-state index contributed by atoms with van der Waals surface area (Å²) in [6, 6.07) is 29.6. The molecule has 0 saturated carbocycles. The second kappa shape index (κ2) is 13.0. The van der Waals surface area contributed by atoms with Gasteiger partial charge in [0.1, 0.15) is 11.6 Å². The molecule has 1 heterocycles. The van der Waals surface area contributed by atoms with E-state index in [9.17, 15) is 24.0 Å². The molecule has 1 aromatic heterocycles. The molecular formula is C35H34N2O5S. The number of phenols is 1. The molecule has 0 spiro atoms. The van der Waals surface area contributed by atoms with Crippen molar-refractivity contribution in [2.75, 3.05) is 12.5 Å². The molecular weight excluding hydrogens is 560 g/mol. The Hall–Kier alpha value is -4.82. The fourth-order valence-electron chi connectivity index (χ4n) is 4.62. The predicted molar refractivity (Wildman–Crippen MR) is 173 cm³/mol. The Morgan fingerprint density at radius 1 is 0.860 bits per heavy atom. The number of aldehydes is 1. The Kier molecular flexibility index (Phi) is 9.41. The van der Waals surface area contributed by atoms with Gasteiger partial charge in [-0.1, -0.05) is 81.4 Å². The van der Waals surface area contributed by atoms with E-state index in [0.29, 0.717) is 29.1 Å². The van der Waals surface area contributed by atoms with Gasteiger partial charge in [-0.2, -0.15) is 0 Å². The van der Waals surface area contributed by atoms with E-state index in [1.54, 1.807) is 42.8 Å². The number of aromatic hydroxyl groups is 1. The second-order valence-electron chi connectivity index (χ2n) is 11.1. The van der Waals surface area contributed by atoms with E-state index >= 15 is 0 Å². The number of nitrogens with zero attached hydrogens (tertiary/aromatic N) is 2. The maximum absolute atomic E-state index is 12.0. The highest BCUT2D eigenvalue weighted by Crippen LogP contribution is 2.43. The van der Waals surface area contributed by atoms with Crippen LogP contribution in [0, 0.1) is 0 Å². The molecule has 0 aliphatic carbocycles. The van der Waals surface area contributed by atoms with Crippen LogP contribution >= 0.6 is 0 Å². The third-order valence-electron chi connectivity index (χ3n) is 6.72. The Morgan fingerprint density at radius 2 is 1.40 bits per heavy atom. The normalized spacial score (nSPS) is 11.1. The molecule has 5 aromatic rings. The van der Waals surface area contributed by atoms with Gasteiger partial charge in [0, 0.05) is 40.1 Å². The SMILES string of the molecule is CC(C)(C)c1cc(C=O)c(O)c(-c2nc(-c3ccccc3)c(-c3ccccc3)n2-c2ccc(C(=O)O)cc2)c1.CS(C)=O. The summed E-state index contributed by atoms with van der Waals surface area (Å²) in [5, 5.41) is 20.8. The minimum absolute atomic E-state index is 0.158. The molecule has 0 fully saturated rings. The highest BCUT2D eigenvalue weighted by molar-refractivity contribution is 7.83. The molecule has 0 aliphatic heterocycles. The predicted octanol–water partition coefficient (Wildman–Crippen LogP) is 7.38. The number of hydrogen-bond acceptors (Lipinski definition) is 5. The maximum Gasteiger partial charge on any atom is 0.335 e. The van der Waals surface area contributed by atoms with E-state index in [4.69, 9.17) is 4.98 Å². The first-order chi connectivity index (χ1) is 20.4. The lowest BCUT2D eigenvalue weighted by Crippen LogP contribution is -2.12. The molecule has 7 nitrogen and oxygen atoms in total. The second-order valence-corrected chi connectivity index (χ2v) is 12.6. The van der Waals surface area contributed by atoms with Gasteiger partial charge in [-0.25, -0.2) is 9.78 Å². The topological polar surface area (TPSA) is 109 Å². The zero-order valence-electron chi connectivity index (χ0n) is 24.7. The maximum atomic E-state index is 12.0. The number of imidazole rings is 1. The lowest BCUT2D eigenvalue weighted by atomic mass is 9.84. The van der Waals surface area contributed by atoms with Crippen molar-refractivity contribution in [1.82, 2.24) is 9.55 Å². The number of hydrogen-bond donors (Lipinski definition) is 2. The average Bonchev–Trinajstić information content (AvgIpc) is 3.38. The Balaban J connectivity index is 0.000000996. The van der Waals surface area contributed by atoms with Crippen LogP contribution in [0.15, 0.2) is 97.1 Å². The number of carboxylic acids is 1. The molecule has 0 bridgehead atoms. The molecule has 43 heavy (non-hydrogen) atoms. The van der Waals surface area contributed by atoms with Crippen LogP contribution in [0.1, 0.15) is 47.1 Å². The molecule has 5 rings (SSSR count). The number of carbonyl (C=O) groups excluding carboxylic acids is 1. The fourth-order valence-corrected chi connectivity index (χ4v) is 4.62. The van der Waals surface area contributed by atoms with Crippen molar-refractivity contribution in [2.24, 2.45) is 0 Å². The average molecular weight is 595 g/mol. The summed E-state index contributed by atoms with van der Waals surface area (Å²) < 4.78 is 11.5. The van der Waals surface area contributed by atoms with E-state index < -0.39 is 16.8 Å². The summed E-state index contributed by atoms with van der Waals surface area (Å²) in [5.74, 6) is -0.750. The smallest absolute Gasteiger partial charge is 0.335 e. The number of carbonyl (C=O) groups is 2. The first-order valence-corrected chi connectivity index (χ1v) is 15.5. The summed E-state index contributed by atoms with van der Waals surface area (Å²) in [4.78, 5) is 28.7. The molecule has 0 amide bonds. The molecule has 0 saturated heterocycles. The van der Waals surface area contributed by atoms with E-state index in [-0.39, 0.29) is 22.3 Å². The van der Waals surface area contributed by atoms with Gasteiger partial charge in [-0.3, -0.25) is 13.6 Å². The van der Waals surface area contributed by atoms with Crippen molar-refractivity contribution in [3.05, 3.63) is 114 Å². The van der Waals surface area contributed by atoms with Crippen molar-refractivity contribution < 1.29 is 24.0 Å². The van der Waals surface area contributed by atoms with Gasteiger partial charge in [0.2, 0.25) is 0 Å². The number of aromatic carboxylic acids is 1. The van der Waals surface area contributed by atoms with Crippen molar-refractivity contribution in [3.63, 3.8) is 0 Å². The third kappa shape index (κ3) is 6.98. The molecule has 0 atom stereocenters. The fraction of sp³-hybridized carbons (Fsp3) is 0.171. The minimum Gasteiger partial charge on any atom is -0.506 e. The third-order valence-corrected chi connectivity index (χ3v) is 6.72. The summed E-state index contributed by atoms with van der Waals surface area (Å²) in [6.07, 6.45) is 3.93. The van der Waals surface area contributed by atoms with Crippen molar-refractivity contribution in [1.29, 1.82) is 0 Å². The van der Waals surface area contributed by atoms with Crippen molar-refractivity contribution in [3.8, 4) is 45.3 Å². The van der Waals surface area contributed by atoms with E-state index in [1.165, 1.54) is 0 Å². The van der Waals surface area contributed by atoms with E-state index in [2.05, 4.69) is 0 Å². The lowest BCUT2D eigenvalue weighted by Gasteiger charge is -2.22. The molecule has 0 aliphatic rings. The zero-order valence-corrected chi connectivity index (χ0v) is 25.6. The van der Waals surface area contributed by atoms with Gasteiger partial charge in [-0.05, 0) is 47.4 Å². The number of phenolic OH excluding ortho intramolecular Hbond substituents is 1. The van der Waals surface area contributed by atoms with Crippen molar-refractivity contribution in [2.45, 2.75) is 26.2 Å². The van der Waals surface area contributed by atoms with E-state index in [0.717, 1.165) is 22.4 Å². The van der Waals surface area contributed by atoms with Crippen LogP contribution < -0.4 is 0 Å². The van der Waals surface area contributed by atoms with Gasteiger partial charge < -0.3 is 10.2 Å².